The lowest BCUT2D eigenvalue weighted by molar-refractivity contribution is -0.131. The highest BCUT2D eigenvalue weighted by Crippen LogP contribution is 2.42. The van der Waals surface area contributed by atoms with Crippen LogP contribution in [0.1, 0.15) is 74.3 Å². The molecule has 2 aliphatic heterocycles. The minimum Gasteiger partial charge on any atom is -0.372 e. The number of hydrogen-bond acceptors (Lipinski definition) is 8. The molecule has 12 heteroatoms. The Morgan fingerprint density at radius 1 is 1.09 bits per heavy atom. The van der Waals surface area contributed by atoms with Crippen molar-refractivity contribution in [3.63, 3.8) is 0 Å². The highest BCUT2D eigenvalue weighted by atomic mass is 35.5. The lowest BCUT2D eigenvalue weighted by Gasteiger charge is -2.25. The first-order valence-electron chi connectivity index (χ1n) is 15.1. The average Bonchev–Trinajstić information content (AvgIpc) is 3.82. The average molecular weight is 641 g/mol. The molecule has 10 nitrogen and oxygen atoms in total. The molecule has 44 heavy (non-hydrogen) atoms. The summed E-state index contributed by atoms with van der Waals surface area (Å²) in [5.74, 6) is 1.25. The third-order valence-electron chi connectivity index (χ3n) is 8.83. The maximum absolute atomic E-state index is 14.2. The van der Waals surface area contributed by atoms with Crippen LogP contribution in [0.2, 0.25) is 5.02 Å². The van der Waals surface area contributed by atoms with Crippen LogP contribution in [0.15, 0.2) is 50.8 Å². The first kappa shape index (κ1) is 30.8. The molecule has 3 aliphatic rings. The number of sulfonamides is 1. The van der Waals surface area contributed by atoms with Crippen molar-refractivity contribution in [2.45, 2.75) is 89.0 Å². The Labute approximate surface area is 263 Å². The van der Waals surface area contributed by atoms with Gasteiger partial charge in [-0.15, -0.1) is 0 Å². The molecule has 1 spiro atoms. The predicted octanol–water partition coefficient (Wildman–Crippen LogP) is 6.38. The molecule has 3 aromatic rings. The normalized spacial score (nSPS) is 17.5. The van der Waals surface area contributed by atoms with E-state index < -0.39 is 15.6 Å². The summed E-state index contributed by atoms with van der Waals surface area (Å²) in [6.07, 6.45) is 6.44. The van der Waals surface area contributed by atoms with Crippen molar-refractivity contribution in [2.24, 2.45) is 4.99 Å². The van der Waals surface area contributed by atoms with E-state index in [1.807, 2.05) is 17.0 Å². The van der Waals surface area contributed by atoms with E-state index in [0.29, 0.717) is 31.1 Å². The molecule has 234 valence electrons. The standard InChI is InChI=1S/C32H37ClN4O6S/c1-4-5-12-28-34-32(15-8-9-16-32)31(38)36(28)17-22-13-14-23(26-19-42-18-25(22)26)24-10-6-7-11-27(24)44(39,40)37(20-41-3)30-29(33)21(2)43-35-30/h6-7,10-11,13-14H,4-5,8-9,12,15-20H2,1-3H3. The van der Waals surface area contributed by atoms with Crippen LogP contribution in [0.4, 0.5) is 5.82 Å². The molecule has 0 radical (unpaired) electrons. The van der Waals surface area contributed by atoms with Crippen LogP contribution in [-0.4, -0.2) is 49.6 Å². The second-order valence-corrected chi connectivity index (χ2v) is 13.8. The largest absolute Gasteiger partial charge is 0.372 e. The third kappa shape index (κ3) is 5.23. The second kappa shape index (κ2) is 12.3. The van der Waals surface area contributed by atoms with Gasteiger partial charge in [0.15, 0.2) is 5.76 Å². The number of anilines is 1. The summed E-state index contributed by atoms with van der Waals surface area (Å²) >= 11 is 6.37. The number of amidine groups is 1. The van der Waals surface area contributed by atoms with Crippen LogP contribution in [-0.2, 0) is 44.1 Å². The van der Waals surface area contributed by atoms with E-state index in [4.69, 9.17) is 30.6 Å². The van der Waals surface area contributed by atoms with Crippen molar-refractivity contribution < 1.29 is 27.2 Å². The molecule has 2 aromatic carbocycles. The van der Waals surface area contributed by atoms with Crippen molar-refractivity contribution in [1.29, 1.82) is 0 Å². The Balaban J connectivity index is 1.38. The molecule has 0 bridgehead atoms. The molecule has 1 fully saturated rings. The molecular weight excluding hydrogens is 604 g/mol. The number of amides is 1. The van der Waals surface area contributed by atoms with Crippen molar-refractivity contribution in [3.8, 4) is 11.1 Å². The number of halogens is 1. The van der Waals surface area contributed by atoms with Gasteiger partial charge in [-0.1, -0.05) is 73.3 Å². The molecule has 1 aliphatic carbocycles. The zero-order valence-corrected chi connectivity index (χ0v) is 26.8. The van der Waals surface area contributed by atoms with E-state index >= 15 is 0 Å². The van der Waals surface area contributed by atoms with Crippen molar-refractivity contribution >= 4 is 39.2 Å². The van der Waals surface area contributed by atoms with Crippen LogP contribution >= 0.6 is 11.6 Å². The van der Waals surface area contributed by atoms with Crippen LogP contribution in [0, 0.1) is 6.92 Å². The van der Waals surface area contributed by atoms with E-state index in [1.54, 1.807) is 31.2 Å². The zero-order chi connectivity index (χ0) is 31.1. The molecule has 0 N–H and O–H groups in total. The van der Waals surface area contributed by atoms with Gasteiger partial charge in [0.1, 0.15) is 23.1 Å². The first-order valence-corrected chi connectivity index (χ1v) is 16.9. The van der Waals surface area contributed by atoms with Crippen LogP contribution in [0.5, 0.6) is 0 Å². The maximum Gasteiger partial charge on any atom is 0.268 e. The Bertz CT molecular complexity index is 1710. The molecule has 0 saturated heterocycles. The Hall–Kier alpha value is -3.25. The van der Waals surface area contributed by atoms with Gasteiger partial charge in [0.25, 0.3) is 15.9 Å². The summed E-state index contributed by atoms with van der Waals surface area (Å²) in [5, 5.41) is 4.00. The van der Waals surface area contributed by atoms with E-state index in [2.05, 4.69) is 12.1 Å². The number of rotatable bonds is 11. The smallest absolute Gasteiger partial charge is 0.268 e. The fourth-order valence-electron chi connectivity index (χ4n) is 6.51. The number of aromatic nitrogens is 1. The van der Waals surface area contributed by atoms with E-state index in [0.717, 1.165) is 77.3 Å². The Morgan fingerprint density at radius 2 is 1.84 bits per heavy atom. The minimum absolute atomic E-state index is 0.0411. The Morgan fingerprint density at radius 3 is 2.55 bits per heavy atom. The number of benzene rings is 2. The third-order valence-corrected chi connectivity index (χ3v) is 11.0. The number of carbonyl (C=O) groups is 1. The molecule has 1 aromatic heterocycles. The number of nitrogens with zero attached hydrogens (tertiary/aromatic N) is 4. The number of carbonyl (C=O) groups excluding carboxylic acids is 1. The summed E-state index contributed by atoms with van der Waals surface area (Å²) in [6.45, 7) is 4.57. The lowest BCUT2D eigenvalue weighted by Crippen LogP contribution is -2.40. The van der Waals surface area contributed by atoms with Gasteiger partial charge in [-0.2, -0.15) is 0 Å². The monoisotopic (exact) mass is 640 g/mol. The fourth-order valence-corrected chi connectivity index (χ4v) is 8.27. The van der Waals surface area contributed by atoms with Crippen LogP contribution < -0.4 is 4.31 Å². The highest BCUT2D eigenvalue weighted by molar-refractivity contribution is 7.93. The Kier molecular flexibility index (Phi) is 8.58. The molecule has 1 saturated carbocycles. The quantitative estimate of drug-likeness (QED) is 0.224. The number of ether oxygens (including phenoxy) is 2. The second-order valence-electron chi connectivity index (χ2n) is 11.6. The first-order chi connectivity index (χ1) is 21.2. The highest BCUT2D eigenvalue weighted by Gasteiger charge is 2.49. The number of hydrogen-bond donors (Lipinski definition) is 0. The number of unbranched alkanes of at least 4 members (excludes halogenated alkanes) is 1. The number of fused-ring (bicyclic) bond motifs is 1. The molecule has 0 atom stereocenters. The summed E-state index contributed by atoms with van der Waals surface area (Å²) in [7, 11) is -2.80. The molecular formula is C32H37ClN4O6S. The molecule has 1 amide bonds. The lowest BCUT2D eigenvalue weighted by atomic mass is 9.93. The van der Waals surface area contributed by atoms with Crippen LogP contribution in [0.3, 0.4) is 0 Å². The number of methoxy groups -OCH3 is 1. The van der Waals surface area contributed by atoms with E-state index in [1.165, 1.54) is 7.11 Å². The van der Waals surface area contributed by atoms with Gasteiger partial charge in [0.2, 0.25) is 5.82 Å². The van der Waals surface area contributed by atoms with Crippen LogP contribution in [0.25, 0.3) is 11.1 Å². The molecule has 3 heterocycles. The van der Waals surface area contributed by atoms with Crippen molar-refractivity contribution in [3.05, 3.63) is 63.9 Å². The summed E-state index contributed by atoms with van der Waals surface area (Å²) in [5.41, 5.74) is 3.54. The van der Waals surface area contributed by atoms with Gasteiger partial charge in [0, 0.05) is 19.1 Å². The van der Waals surface area contributed by atoms with Crippen molar-refractivity contribution in [2.75, 3.05) is 18.1 Å². The van der Waals surface area contributed by atoms with Crippen molar-refractivity contribution in [1.82, 2.24) is 10.1 Å². The summed E-state index contributed by atoms with van der Waals surface area (Å²) < 4.78 is 45.7. The summed E-state index contributed by atoms with van der Waals surface area (Å²) in [4.78, 5) is 20.8. The SMILES string of the molecule is CCCCC1=NC2(CCCC2)C(=O)N1Cc1ccc(-c2ccccc2S(=O)(=O)N(COC)c2noc(C)c2Cl)c2c1COC2. The molecule has 0 unspecified atom stereocenters. The molecule has 6 rings (SSSR count). The van der Waals surface area contributed by atoms with Gasteiger partial charge in [-0.25, -0.2) is 12.7 Å². The van der Waals surface area contributed by atoms with Gasteiger partial charge < -0.3 is 14.0 Å². The predicted molar refractivity (Wildman–Crippen MR) is 167 cm³/mol. The number of aliphatic imine (C=N–C) groups is 1. The van der Waals surface area contributed by atoms with Gasteiger partial charge >= 0.3 is 0 Å². The summed E-state index contributed by atoms with van der Waals surface area (Å²) in [6, 6.07) is 10.7. The number of aryl methyl sites for hydroxylation is 1. The fraction of sp³-hybridized carbons (Fsp3) is 0.469. The van der Waals surface area contributed by atoms with E-state index in [-0.39, 0.29) is 28.4 Å². The van der Waals surface area contributed by atoms with E-state index in [9.17, 15) is 13.2 Å². The minimum atomic E-state index is -4.19. The zero-order valence-electron chi connectivity index (χ0n) is 25.3. The maximum atomic E-state index is 14.2. The van der Waals surface area contributed by atoms with Gasteiger partial charge in [-0.05, 0) is 54.5 Å². The topological polar surface area (TPSA) is 115 Å². The van der Waals surface area contributed by atoms with Gasteiger partial charge in [0.05, 0.1) is 24.7 Å². The van der Waals surface area contributed by atoms with Gasteiger partial charge in [-0.3, -0.25) is 14.7 Å².